The van der Waals surface area contributed by atoms with Gasteiger partial charge in [0.05, 0.1) is 6.04 Å². The zero-order valence-electron chi connectivity index (χ0n) is 7.24. The van der Waals surface area contributed by atoms with Crippen molar-refractivity contribution in [2.45, 2.75) is 19.4 Å². The van der Waals surface area contributed by atoms with Gasteiger partial charge in [-0.25, -0.2) is 4.79 Å². The van der Waals surface area contributed by atoms with Crippen molar-refractivity contribution in [1.82, 2.24) is 10.2 Å². The number of urea groups is 1. The highest BCUT2D eigenvalue weighted by atomic mass is 16.2. The molecule has 0 aromatic carbocycles. The Morgan fingerprint density at radius 2 is 2.31 bits per heavy atom. The molecule has 1 aliphatic rings. The maximum Gasteiger partial charge on any atom is 0.331 e. The molecule has 0 unspecified atom stereocenters. The second-order valence-corrected chi connectivity index (χ2v) is 2.79. The van der Waals surface area contributed by atoms with Gasteiger partial charge in [-0.05, 0) is 6.42 Å². The third-order valence-electron chi connectivity index (χ3n) is 1.82. The molecule has 1 saturated heterocycles. The Morgan fingerprint density at radius 3 is 2.69 bits per heavy atom. The van der Waals surface area contributed by atoms with Crippen LogP contribution in [0, 0.1) is 0 Å². The fraction of sp³-hybridized carbons (Fsp3) is 0.571. The van der Waals surface area contributed by atoms with Crippen LogP contribution in [-0.4, -0.2) is 35.3 Å². The predicted molar refractivity (Wildman–Crippen MR) is 43.5 cm³/mol. The molecule has 1 fully saturated rings. The van der Waals surface area contributed by atoms with E-state index < -0.39 is 23.9 Å². The van der Waals surface area contributed by atoms with Crippen molar-refractivity contribution in [3.05, 3.63) is 0 Å². The van der Waals surface area contributed by atoms with Crippen LogP contribution in [0.1, 0.15) is 13.3 Å². The summed E-state index contributed by atoms with van der Waals surface area (Å²) in [6, 6.07) is -1.39. The maximum atomic E-state index is 11.3. The molecule has 1 heterocycles. The quantitative estimate of drug-likeness (QED) is 0.528. The molecule has 0 spiro atoms. The number of nitrogens with zero attached hydrogens (tertiary/aromatic N) is 1. The van der Waals surface area contributed by atoms with E-state index in [2.05, 4.69) is 0 Å². The van der Waals surface area contributed by atoms with Crippen LogP contribution in [0.5, 0.6) is 0 Å². The molecule has 0 aromatic rings. The Balaban J connectivity index is 2.67. The zero-order chi connectivity index (χ0) is 10.0. The summed E-state index contributed by atoms with van der Waals surface area (Å²) in [4.78, 5) is 33.8. The van der Waals surface area contributed by atoms with Gasteiger partial charge < -0.3 is 5.73 Å². The van der Waals surface area contributed by atoms with Crippen LogP contribution in [0.3, 0.4) is 0 Å². The first kappa shape index (κ1) is 9.66. The monoisotopic (exact) mass is 185 g/mol. The second kappa shape index (κ2) is 3.53. The minimum Gasteiger partial charge on any atom is -0.320 e. The lowest BCUT2D eigenvalue weighted by molar-refractivity contribution is -0.131. The molecule has 3 N–H and O–H groups in total. The number of hydrogen-bond acceptors (Lipinski definition) is 4. The molecular weight excluding hydrogens is 174 g/mol. The average Bonchev–Trinajstić information content (AvgIpc) is 2.42. The van der Waals surface area contributed by atoms with Gasteiger partial charge in [-0.15, -0.1) is 0 Å². The summed E-state index contributed by atoms with van der Waals surface area (Å²) in [6.07, 6.45) is 0.441. The van der Waals surface area contributed by atoms with Crippen molar-refractivity contribution in [2.24, 2.45) is 5.73 Å². The van der Waals surface area contributed by atoms with E-state index in [0.717, 1.165) is 4.90 Å². The number of carbonyl (C=O) groups is 3. The lowest BCUT2D eigenvalue weighted by Crippen LogP contribution is -2.44. The van der Waals surface area contributed by atoms with E-state index in [4.69, 9.17) is 5.73 Å². The van der Waals surface area contributed by atoms with Crippen molar-refractivity contribution in [3.63, 3.8) is 0 Å². The van der Waals surface area contributed by atoms with Crippen molar-refractivity contribution >= 4 is 17.8 Å². The molecule has 4 amide bonds. The summed E-state index contributed by atoms with van der Waals surface area (Å²) in [5, 5.41) is 2.00. The first-order chi connectivity index (χ1) is 6.06. The molecule has 0 bridgehead atoms. The average molecular weight is 185 g/mol. The summed E-state index contributed by atoms with van der Waals surface area (Å²) >= 11 is 0. The van der Waals surface area contributed by atoms with Gasteiger partial charge in [-0.2, -0.15) is 0 Å². The van der Waals surface area contributed by atoms with E-state index in [1.54, 1.807) is 6.92 Å². The third-order valence-corrected chi connectivity index (χ3v) is 1.82. The van der Waals surface area contributed by atoms with Crippen LogP contribution >= 0.6 is 0 Å². The molecular formula is C7H11N3O3. The smallest absolute Gasteiger partial charge is 0.320 e. The van der Waals surface area contributed by atoms with E-state index in [0.29, 0.717) is 6.42 Å². The molecule has 0 radical (unpaired) electrons. The lowest BCUT2D eigenvalue weighted by Gasteiger charge is -2.14. The van der Waals surface area contributed by atoms with Crippen molar-refractivity contribution < 1.29 is 14.4 Å². The van der Waals surface area contributed by atoms with E-state index in [-0.39, 0.29) is 6.54 Å². The van der Waals surface area contributed by atoms with Gasteiger partial charge in [0.15, 0.2) is 0 Å². The van der Waals surface area contributed by atoms with E-state index in [1.165, 1.54) is 0 Å². The second-order valence-electron chi connectivity index (χ2n) is 2.79. The van der Waals surface area contributed by atoms with Crippen LogP contribution in [0.2, 0.25) is 0 Å². The van der Waals surface area contributed by atoms with Crippen LogP contribution in [-0.2, 0) is 9.59 Å². The van der Waals surface area contributed by atoms with Gasteiger partial charge in [0.25, 0.3) is 0 Å². The first-order valence-corrected chi connectivity index (χ1v) is 3.97. The number of nitrogens with one attached hydrogen (secondary N) is 1. The van der Waals surface area contributed by atoms with E-state index in [9.17, 15) is 14.4 Å². The molecule has 1 atom stereocenters. The summed E-state index contributed by atoms with van der Waals surface area (Å²) in [5.41, 5.74) is 5.42. The predicted octanol–water partition coefficient (Wildman–Crippen LogP) is -1.20. The standard InChI is InChI=1S/C7H11N3O3/c1-2-4(8)6(12)10-3-5(11)9-7(10)13/h4H,2-3,8H2,1H3,(H,9,11,13)/t4-/m1/s1. The van der Waals surface area contributed by atoms with Crippen LogP contribution in [0.4, 0.5) is 4.79 Å². The lowest BCUT2D eigenvalue weighted by atomic mass is 10.2. The Morgan fingerprint density at radius 1 is 1.69 bits per heavy atom. The SMILES string of the molecule is CC[C@@H](N)C(=O)N1CC(=O)NC1=O. The molecule has 1 rings (SSSR count). The molecule has 6 heteroatoms. The maximum absolute atomic E-state index is 11.3. The number of carbonyl (C=O) groups excluding carboxylic acids is 3. The fourth-order valence-electron chi connectivity index (χ4n) is 0.994. The highest BCUT2D eigenvalue weighted by Gasteiger charge is 2.33. The Bertz CT molecular complexity index is 264. The van der Waals surface area contributed by atoms with Gasteiger partial charge in [0, 0.05) is 0 Å². The number of imide groups is 2. The van der Waals surface area contributed by atoms with E-state index >= 15 is 0 Å². The van der Waals surface area contributed by atoms with Crippen molar-refractivity contribution in [2.75, 3.05) is 6.54 Å². The fourth-order valence-corrected chi connectivity index (χ4v) is 0.994. The normalized spacial score (nSPS) is 18.8. The summed E-state index contributed by atoms with van der Waals surface area (Å²) in [5.74, 6) is -0.979. The molecule has 0 aromatic heterocycles. The zero-order valence-corrected chi connectivity index (χ0v) is 7.24. The van der Waals surface area contributed by atoms with Crippen LogP contribution in [0.25, 0.3) is 0 Å². The minimum atomic E-state index is -0.711. The third kappa shape index (κ3) is 1.83. The van der Waals surface area contributed by atoms with Gasteiger partial charge in [0.1, 0.15) is 6.54 Å². The largest absolute Gasteiger partial charge is 0.331 e. The van der Waals surface area contributed by atoms with Gasteiger partial charge in [0.2, 0.25) is 11.8 Å². The molecule has 0 aliphatic carbocycles. The number of nitrogens with two attached hydrogens (primary N) is 1. The minimum absolute atomic E-state index is 0.217. The first-order valence-electron chi connectivity index (χ1n) is 3.97. The summed E-state index contributed by atoms with van der Waals surface area (Å²) in [7, 11) is 0. The van der Waals surface area contributed by atoms with Crippen molar-refractivity contribution in [1.29, 1.82) is 0 Å². The number of amides is 4. The molecule has 0 saturated carbocycles. The van der Waals surface area contributed by atoms with E-state index in [1.807, 2.05) is 5.32 Å². The molecule has 6 nitrogen and oxygen atoms in total. The molecule has 72 valence electrons. The summed E-state index contributed by atoms with van der Waals surface area (Å²) in [6.45, 7) is 1.52. The van der Waals surface area contributed by atoms with Crippen LogP contribution < -0.4 is 11.1 Å². The van der Waals surface area contributed by atoms with Gasteiger partial charge in [-0.1, -0.05) is 6.92 Å². The van der Waals surface area contributed by atoms with Gasteiger partial charge >= 0.3 is 6.03 Å². The Kier molecular flexibility index (Phi) is 2.62. The molecule has 13 heavy (non-hydrogen) atoms. The molecule has 1 aliphatic heterocycles. The Hall–Kier alpha value is -1.43. The van der Waals surface area contributed by atoms with Crippen LogP contribution in [0.15, 0.2) is 0 Å². The number of rotatable bonds is 2. The number of hydrogen-bond donors (Lipinski definition) is 2. The summed E-state index contributed by atoms with van der Waals surface area (Å²) < 4.78 is 0. The Labute approximate surface area is 75.1 Å². The topological polar surface area (TPSA) is 92.5 Å². The highest BCUT2D eigenvalue weighted by Crippen LogP contribution is 2.02. The highest BCUT2D eigenvalue weighted by molar-refractivity contribution is 6.10. The van der Waals surface area contributed by atoms with Gasteiger partial charge in [-0.3, -0.25) is 19.8 Å². The van der Waals surface area contributed by atoms with Crippen molar-refractivity contribution in [3.8, 4) is 0 Å².